The van der Waals surface area contributed by atoms with Crippen molar-refractivity contribution in [1.82, 2.24) is 43.6 Å². The number of hydrogen-bond acceptors (Lipinski definition) is 8. The van der Waals surface area contributed by atoms with E-state index in [1.54, 1.807) is 74.4 Å². The van der Waals surface area contributed by atoms with Crippen LogP contribution >= 0.6 is 0 Å². The number of fused-ring (bicyclic) bond motifs is 9. The Hall–Kier alpha value is -8.01. The molecule has 0 saturated heterocycles. The molecule has 9 aromatic heterocycles. The second-order valence-electron chi connectivity index (χ2n) is 11.8. The Bertz CT molecular complexity index is 2730. The van der Waals surface area contributed by atoms with Crippen LogP contribution in [0.1, 0.15) is 11.1 Å². The Morgan fingerprint density at radius 2 is 0.686 bits per heavy atom. The smallest absolute Gasteiger partial charge is 0.236 e. The van der Waals surface area contributed by atoms with Crippen molar-refractivity contribution in [2.45, 2.75) is 0 Å². The van der Waals surface area contributed by atoms with E-state index >= 15 is 0 Å². The van der Waals surface area contributed by atoms with E-state index in [4.69, 9.17) is 6.57 Å². The van der Waals surface area contributed by atoms with Gasteiger partial charge in [0.25, 0.3) is 0 Å². The Morgan fingerprint density at radius 1 is 0.431 bits per heavy atom. The average molecular weight is 655 g/mol. The number of nitrogens with zero attached hydrogens (tertiary/aromatic N) is 12. The fraction of sp³-hybridized carbons (Fsp3) is 0. The van der Waals surface area contributed by atoms with Gasteiger partial charge in [0.1, 0.15) is 12.1 Å². The van der Waals surface area contributed by atoms with Crippen LogP contribution in [-0.4, -0.2) is 43.6 Å². The maximum absolute atomic E-state index is 11.3. The highest BCUT2D eigenvalue weighted by Crippen LogP contribution is 2.48. The van der Waals surface area contributed by atoms with E-state index in [2.05, 4.69) is 46.9 Å². The first kappa shape index (κ1) is 28.0. The lowest BCUT2D eigenvalue weighted by molar-refractivity contribution is 1.08. The molecule has 10 aromatic rings. The highest BCUT2D eigenvalue weighted by molar-refractivity contribution is 6.13. The Balaban J connectivity index is 1.53. The lowest BCUT2D eigenvalue weighted by atomic mass is 9.99. The molecule has 9 heterocycles. The van der Waals surface area contributed by atoms with Crippen LogP contribution in [0.2, 0.25) is 0 Å². The molecule has 0 bridgehead atoms. The van der Waals surface area contributed by atoms with Gasteiger partial charge in [0, 0.05) is 107 Å². The summed E-state index contributed by atoms with van der Waals surface area (Å²) in [6.07, 6.45) is 20.6. The minimum absolute atomic E-state index is 0.121. The Labute approximate surface area is 287 Å². The summed E-state index contributed by atoms with van der Waals surface area (Å²) >= 11 is 0. The zero-order valence-electron chi connectivity index (χ0n) is 26.3. The first-order valence-corrected chi connectivity index (χ1v) is 15.7. The number of benzene rings is 1. The molecule has 0 aliphatic heterocycles. The van der Waals surface area contributed by atoms with E-state index in [-0.39, 0.29) is 16.8 Å². The van der Waals surface area contributed by atoms with Crippen LogP contribution in [0.4, 0.5) is 5.69 Å². The molecule has 0 amide bonds. The van der Waals surface area contributed by atoms with Gasteiger partial charge < -0.3 is 13.7 Å². The Kier molecular flexibility index (Phi) is 5.77. The van der Waals surface area contributed by atoms with Crippen LogP contribution in [0.5, 0.6) is 0 Å². The van der Waals surface area contributed by atoms with Gasteiger partial charge in [0.2, 0.25) is 5.69 Å². The minimum atomic E-state index is 0.121. The number of rotatable bonds is 3. The molecule has 12 heteroatoms. The average Bonchev–Trinajstić information content (AvgIpc) is 3.82. The third-order valence-electron chi connectivity index (χ3n) is 9.51. The molecule has 0 atom stereocenters. The molecule has 0 saturated carbocycles. The second kappa shape index (κ2) is 10.5. The fourth-order valence-corrected chi connectivity index (χ4v) is 7.52. The van der Waals surface area contributed by atoms with Crippen LogP contribution < -0.4 is 0 Å². The van der Waals surface area contributed by atoms with Gasteiger partial charge in [0.15, 0.2) is 0 Å². The normalized spacial score (nSPS) is 11.5. The monoisotopic (exact) mass is 654 g/mol. The topological polar surface area (TPSA) is 144 Å². The molecule has 0 unspecified atom stereocenters. The number of pyridine rings is 6. The Morgan fingerprint density at radius 3 is 0.922 bits per heavy atom. The first-order chi connectivity index (χ1) is 25.2. The predicted octanol–water partition coefficient (Wildman–Crippen LogP) is 7.64. The molecule has 1 aromatic carbocycles. The lowest BCUT2D eigenvalue weighted by Gasteiger charge is -2.23. The zero-order valence-corrected chi connectivity index (χ0v) is 26.3. The number of aromatic nitrogens is 9. The summed E-state index contributed by atoms with van der Waals surface area (Å²) in [7, 11) is 0. The first-order valence-electron chi connectivity index (χ1n) is 15.7. The van der Waals surface area contributed by atoms with Crippen molar-refractivity contribution in [1.29, 1.82) is 10.5 Å². The molecule has 0 N–H and O–H groups in total. The van der Waals surface area contributed by atoms with E-state index in [1.165, 1.54) is 0 Å². The summed E-state index contributed by atoms with van der Waals surface area (Å²) in [4.78, 5) is 30.6. The number of hydrogen-bond donors (Lipinski definition) is 0. The van der Waals surface area contributed by atoms with Gasteiger partial charge in [-0.1, -0.05) is 0 Å². The summed E-state index contributed by atoms with van der Waals surface area (Å²) in [6.45, 7) is 8.82. The van der Waals surface area contributed by atoms with E-state index in [0.29, 0.717) is 17.1 Å². The largest absolute Gasteiger partial charge is 0.317 e. The van der Waals surface area contributed by atoms with Gasteiger partial charge in [-0.25, -0.2) is 4.85 Å². The minimum Gasteiger partial charge on any atom is -0.317 e. The highest BCUT2D eigenvalue weighted by atomic mass is 15.1. The van der Waals surface area contributed by atoms with Gasteiger partial charge in [-0.2, -0.15) is 10.5 Å². The molecule has 0 radical (unpaired) electrons. The maximum Gasteiger partial charge on any atom is 0.236 e. The molecule has 234 valence electrons. The summed E-state index contributed by atoms with van der Waals surface area (Å²) in [5, 5.41) is 27.5. The van der Waals surface area contributed by atoms with Crippen LogP contribution in [-0.2, 0) is 0 Å². The van der Waals surface area contributed by atoms with Crippen molar-refractivity contribution in [2.75, 3.05) is 0 Å². The molecule has 0 aliphatic rings. The molecule has 0 aliphatic carbocycles. The van der Waals surface area contributed by atoms with E-state index in [9.17, 15) is 10.5 Å². The van der Waals surface area contributed by atoms with Gasteiger partial charge in [-0.15, -0.1) is 0 Å². The van der Waals surface area contributed by atoms with Crippen molar-refractivity contribution in [3.05, 3.63) is 133 Å². The van der Waals surface area contributed by atoms with Gasteiger partial charge in [0.05, 0.1) is 67.9 Å². The third-order valence-corrected chi connectivity index (χ3v) is 9.51. The van der Waals surface area contributed by atoms with Gasteiger partial charge in [-0.05, 0) is 36.4 Å². The third kappa shape index (κ3) is 3.63. The van der Waals surface area contributed by atoms with E-state index < -0.39 is 0 Å². The lowest BCUT2D eigenvalue weighted by Crippen LogP contribution is -2.11. The van der Waals surface area contributed by atoms with Gasteiger partial charge >= 0.3 is 0 Å². The molecule has 51 heavy (non-hydrogen) atoms. The quantitative estimate of drug-likeness (QED) is 0.177. The van der Waals surface area contributed by atoms with Crippen LogP contribution in [0.3, 0.4) is 0 Å². The zero-order chi connectivity index (χ0) is 34.2. The molecular formula is C39H18N12. The van der Waals surface area contributed by atoms with Gasteiger partial charge in [-0.3, -0.25) is 29.9 Å². The van der Waals surface area contributed by atoms with Crippen molar-refractivity contribution >= 4 is 71.1 Å². The van der Waals surface area contributed by atoms with Crippen LogP contribution in [0, 0.1) is 29.2 Å². The molecular weight excluding hydrogens is 637 g/mol. The van der Waals surface area contributed by atoms with E-state index in [0.717, 1.165) is 65.4 Å². The summed E-state index contributed by atoms with van der Waals surface area (Å²) in [6, 6.07) is 16.1. The van der Waals surface area contributed by atoms with Crippen molar-refractivity contribution in [3.8, 4) is 29.2 Å². The summed E-state index contributed by atoms with van der Waals surface area (Å²) in [5.41, 5.74) is 5.72. The molecule has 0 spiro atoms. The molecule has 10 rings (SSSR count). The van der Waals surface area contributed by atoms with Crippen molar-refractivity contribution < 1.29 is 0 Å². The van der Waals surface area contributed by atoms with Crippen LogP contribution in [0.15, 0.2) is 111 Å². The maximum atomic E-state index is 11.3. The van der Waals surface area contributed by atoms with Crippen molar-refractivity contribution in [2.24, 2.45) is 0 Å². The van der Waals surface area contributed by atoms with Crippen LogP contribution in [0.25, 0.3) is 87.3 Å². The fourth-order valence-electron chi connectivity index (χ4n) is 7.52. The standard InChI is InChI=1S/C39H18N12/c1-42-36-38(50-32-4-10-45-18-26(32)27-19-46-11-5-33(27)50)22(14-40)37(49-30-2-8-43-16-24(30)25-17-44-9-3-31(25)49)23(15-41)39(36)51-34-6-12-47-20-28(34)29-21-48-13-7-35(29)51/h2-13,16-21H. The second-order valence-corrected chi connectivity index (χ2v) is 11.8. The summed E-state index contributed by atoms with van der Waals surface area (Å²) < 4.78 is 5.75. The van der Waals surface area contributed by atoms with E-state index in [1.807, 2.05) is 50.1 Å². The van der Waals surface area contributed by atoms with Crippen molar-refractivity contribution in [3.63, 3.8) is 0 Å². The number of nitriles is 2. The predicted molar refractivity (Wildman–Crippen MR) is 192 cm³/mol. The highest BCUT2D eigenvalue weighted by Gasteiger charge is 2.32. The SMILES string of the molecule is [C-]#[N+]c1c(-n2c3ccncc3c3cnccc32)c(C#N)c(-n2c3ccncc3c3cnccc32)c(C#N)c1-n1c2ccncc2c2cnccc21. The summed E-state index contributed by atoms with van der Waals surface area (Å²) in [5.74, 6) is 0. The molecule has 12 nitrogen and oxygen atoms in total. The molecule has 0 fully saturated rings.